The minimum Gasteiger partial charge on any atom is -0.496 e. The fraction of sp³-hybridized carbons (Fsp3) is 0.150. The maximum Gasteiger partial charge on any atom is 0.308 e. The summed E-state index contributed by atoms with van der Waals surface area (Å²) in [5.74, 6) is -2.28. The number of hydrogen-bond donors (Lipinski definition) is 0. The van der Waals surface area contributed by atoms with E-state index in [4.69, 9.17) is 37.3 Å². The standard InChI is InChI=1S/C40H30O14/c1-19(41)49-25-10-7-23(8-11-25)31-17-29(46)39-36(52-22(4)44)18-35(51-21(3)43)37(40(39)54-31)27-13-24(9-12-30(27)48-6)32-16-28(45)38-33(50-20(2)42)14-26(47-5)15-34(38)53-32/h7-18H,1-6H3. The zero-order valence-electron chi connectivity index (χ0n) is 29.6. The lowest BCUT2D eigenvalue weighted by Crippen LogP contribution is -2.11. The van der Waals surface area contributed by atoms with Crippen LogP contribution in [0.25, 0.3) is 55.7 Å². The van der Waals surface area contributed by atoms with Crippen LogP contribution in [0.1, 0.15) is 27.7 Å². The number of carbonyl (C=O) groups excluding carboxylic acids is 4. The van der Waals surface area contributed by atoms with Crippen LogP contribution in [-0.4, -0.2) is 38.1 Å². The maximum absolute atomic E-state index is 13.9. The number of methoxy groups -OCH3 is 2. The van der Waals surface area contributed by atoms with Crippen molar-refractivity contribution < 1.29 is 56.4 Å². The molecule has 0 saturated carbocycles. The van der Waals surface area contributed by atoms with Crippen LogP contribution in [0.5, 0.6) is 34.5 Å². The number of esters is 4. The van der Waals surface area contributed by atoms with Crippen molar-refractivity contribution in [3.63, 3.8) is 0 Å². The van der Waals surface area contributed by atoms with Crippen molar-refractivity contribution >= 4 is 45.8 Å². The molecule has 0 aliphatic rings. The molecule has 0 spiro atoms. The lowest BCUT2D eigenvalue weighted by atomic mass is 9.96. The first kappa shape index (κ1) is 36.6. The fourth-order valence-electron chi connectivity index (χ4n) is 5.78. The van der Waals surface area contributed by atoms with Gasteiger partial charge in [0.1, 0.15) is 62.4 Å². The van der Waals surface area contributed by atoms with E-state index < -0.39 is 34.7 Å². The average molecular weight is 735 g/mol. The molecule has 6 rings (SSSR count). The molecule has 0 N–H and O–H groups in total. The van der Waals surface area contributed by atoms with Crippen LogP contribution in [0.4, 0.5) is 0 Å². The van der Waals surface area contributed by atoms with Crippen LogP contribution >= 0.6 is 0 Å². The van der Waals surface area contributed by atoms with Crippen molar-refractivity contribution in [3.8, 4) is 68.3 Å². The van der Waals surface area contributed by atoms with Gasteiger partial charge in [0.05, 0.1) is 19.8 Å². The molecule has 54 heavy (non-hydrogen) atoms. The summed E-state index contributed by atoms with van der Waals surface area (Å²) in [7, 11) is 2.79. The zero-order valence-corrected chi connectivity index (χ0v) is 29.6. The van der Waals surface area contributed by atoms with Crippen LogP contribution in [0, 0.1) is 0 Å². The second-order valence-electron chi connectivity index (χ2n) is 11.7. The van der Waals surface area contributed by atoms with Gasteiger partial charge in [-0.25, -0.2) is 0 Å². The van der Waals surface area contributed by atoms with Gasteiger partial charge in [0.15, 0.2) is 16.4 Å². The normalized spacial score (nSPS) is 10.9. The molecule has 0 aliphatic heterocycles. The molecule has 6 aromatic rings. The molecule has 0 unspecified atom stereocenters. The lowest BCUT2D eigenvalue weighted by molar-refractivity contribution is -0.133. The van der Waals surface area contributed by atoms with Gasteiger partial charge in [0, 0.05) is 74.7 Å². The monoisotopic (exact) mass is 734 g/mol. The zero-order chi connectivity index (χ0) is 38.8. The summed E-state index contributed by atoms with van der Waals surface area (Å²) < 4.78 is 45.1. The minimum absolute atomic E-state index is 0.00266. The van der Waals surface area contributed by atoms with Crippen LogP contribution < -0.4 is 39.3 Å². The molecule has 0 aliphatic carbocycles. The molecular formula is C40H30O14. The van der Waals surface area contributed by atoms with E-state index in [1.165, 1.54) is 70.5 Å². The second-order valence-corrected chi connectivity index (χ2v) is 11.7. The summed E-state index contributed by atoms with van der Waals surface area (Å²) in [6, 6.07) is 17.4. The molecule has 0 bridgehead atoms. The summed E-state index contributed by atoms with van der Waals surface area (Å²) in [5.41, 5.74) is -0.250. The van der Waals surface area contributed by atoms with E-state index in [2.05, 4.69) is 0 Å². The molecule has 0 radical (unpaired) electrons. The molecular weight excluding hydrogens is 704 g/mol. The van der Waals surface area contributed by atoms with Crippen LogP contribution in [0.15, 0.2) is 91.2 Å². The van der Waals surface area contributed by atoms with E-state index in [1.54, 1.807) is 30.3 Å². The highest BCUT2D eigenvalue weighted by atomic mass is 16.6. The Labute approximate surface area is 305 Å². The lowest BCUT2D eigenvalue weighted by Gasteiger charge is -2.18. The Kier molecular flexibility index (Phi) is 10.0. The van der Waals surface area contributed by atoms with Gasteiger partial charge in [-0.3, -0.25) is 28.8 Å². The first-order chi connectivity index (χ1) is 25.8. The van der Waals surface area contributed by atoms with Crippen molar-refractivity contribution in [3.05, 3.63) is 93.2 Å². The number of rotatable bonds is 9. The van der Waals surface area contributed by atoms with E-state index in [-0.39, 0.29) is 79.1 Å². The van der Waals surface area contributed by atoms with Crippen molar-refractivity contribution in [2.45, 2.75) is 27.7 Å². The molecule has 0 atom stereocenters. The third-order valence-electron chi connectivity index (χ3n) is 7.85. The minimum atomic E-state index is -0.762. The van der Waals surface area contributed by atoms with Crippen molar-refractivity contribution in [2.24, 2.45) is 0 Å². The van der Waals surface area contributed by atoms with Crippen molar-refractivity contribution in [1.82, 2.24) is 0 Å². The van der Waals surface area contributed by atoms with Gasteiger partial charge >= 0.3 is 23.9 Å². The number of carbonyl (C=O) groups is 4. The summed E-state index contributed by atoms with van der Waals surface area (Å²) in [4.78, 5) is 75.4. The highest BCUT2D eigenvalue weighted by Crippen LogP contribution is 2.47. The Bertz CT molecular complexity index is 2630. The van der Waals surface area contributed by atoms with Gasteiger partial charge in [-0.15, -0.1) is 0 Å². The predicted octanol–water partition coefficient (Wildman–Crippen LogP) is 6.62. The first-order valence-corrected chi connectivity index (χ1v) is 16.1. The number of fused-ring (bicyclic) bond motifs is 2. The third kappa shape index (κ3) is 7.39. The molecule has 2 heterocycles. The first-order valence-electron chi connectivity index (χ1n) is 16.1. The van der Waals surface area contributed by atoms with E-state index in [9.17, 15) is 28.8 Å². The molecule has 4 aromatic carbocycles. The molecule has 0 fully saturated rings. The van der Waals surface area contributed by atoms with Crippen LogP contribution in [0.3, 0.4) is 0 Å². The Hall–Kier alpha value is -7.22. The van der Waals surface area contributed by atoms with E-state index in [0.717, 1.165) is 13.8 Å². The largest absolute Gasteiger partial charge is 0.496 e. The molecule has 2 aromatic heterocycles. The summed E-state index contributed by atoms with van der Waals surface area (Å²) in [5, 5.41) is -0.158. The summed E-state index contributed by atoms with van der Waals surface area (Å²) in [6.07, 6.45) is 0. The smallest absolute Gasteiger partial charge is 0.308 e. The Morgan fingerprint density at radius 1 is 0.500 bits per heavy atom. The molecule has 274 valence electrons. The molecule has 0 amide bonds. The highest BCUT2D eigenvalue weighted by Gasteiger charge is 2.26. The fourth-order valence-corrected chi connectivity index (χ4v) is 5.78. The van der Waals surface area contributed by atoms with Crippen molar-refractivity contribution in [2.75, 3.05) is 14.2 Å². The van der Waals surface area contributed by atoms with Gasteiger partial charge in [-0.05, 0) is 42.5 Å². The van der Waals surface area contributed by atoms with Gasteiger partial charge in [-0.2, -0.15) is 0 Å². The van der Waals surface area contributed by atoms with Gasteiger partial charge < -0.3 is 37.3 Å². The molecule has 14 nitrogen and oxygen atoms in total. The summed E-state index contributed by atoms with van der Waals surface area (Å²) in [6.45, 7) is 4.75. The number of ether oxygens (including phenoxy) is 6. The highest BCUT2D eigenvalue weighted by molar-refractivity contribution is 6.03. The van der Waals surface area contributed by atoms with Crippen LogP contribution in [0.2, 0.25) is 0 Å². The summed E-state index contributed by atoms with van der Waals surface area (Å²) >= 11 is 0. The van der Waals surface area contributed by atoms with Crippen molar-refractivity contribution in [1.29, 1.82) is 0 Å². The molecule has 0 saturated heterocycles. The third-order valence-corrected chi connectivity index (χ3v) is 7.85. The number of benzene rings is 4. The predicted molar refractivity (Wildman–Crippen MR) is 193 cm³/mol. The second kappa shape index (κ2) is 14.8. The van der Waals surface area contributed by atoms with E-state index >= 15 is 0 Å². The SMILES string of the molecule is COc1cc(OC(C)=O)c2c(=O)cc(-c3ccc(OC)c(-c4c(OC(C)=O)cc(OC(C)=O)c5c(=O)cc(-c6ccc(OC(C)=O)cc6)oc45)c3)oc2c1. The Balaban J connectivity index is 1.65. The van der Waals surface area contributed by atoms with Gasteiger partial charge in [0.25, 0.3) is 0 Å². The van der Waals surface area contributed by atoms with Crippen LogP contribution in [-0.2, 0) is 19.2 Å². The van der Waals surface area contributed by atoms with Gasteiger partial charge in [-0.1, -0.05) is 0 Å². The quantitative estimate of drug-likeness (QED) is 0.114. The average Bonchev–Trinajstić information content (AvgIpc) is 3.10. The van der Waals surface area contributed by atoms with Gasteiger partial charge in [0.2, 0.25) is 0 Å². The molecule has 14 heteroatoms. The van der Waals surface area contributed by atoms with E-state index in [0.29, 0.717) is 11.1 Å². The Morgan fingerprint density at radius 2 is 1.06 bits per heavy atom. The van der Waals surface area contributed by atoms with E-state index in [1.807, 2.05) is 0 Å². The Morgan fingerprint density at radius 3 is 1.65 bits per heavy atom. The topological polar surface area (TPSA) is 184 Å². The maximum atomic E-state index is 13.9. The number of hydrogen-bond acceptors (Lipinski definition) is 14.